The van der Waals surface area contributed by atoms with Crippen LogP contribution in [0.5, 0.6) is 0 Å². The highest BCUT2D eigenvalue weighted by molar-refractivity contribution is 7.46. The molecule has 0 fully saturated rings. The van der Waals surface area contributed by atoms with Gasteiger partial charge in [-0.05, 0) is 0 Å². The Labute approximate surface area is 63.9 Å². The van der Waals surface area contributed by atoms with Gasteiger partial charge < -0.3 is 9.26 Å². The van der Waals surface area contributed by atoms with Crippen LogP contribution in [-0.4, -0.2) is 16.4 Å². The fourth-order valence-corrected chi connectivity index (χ4v) is 0.448. The molecule has 0 heterocycles. The van der Waals surface area contributed by atoms with Crippen LogP contribution in [0.1, 0.15) is 0 Å². The second kappa shape index (κ2) is 4.80. The molecular formula is C5H7O5P. The second-order valence-electron chi connectivity index (χ2n) is 1.38. The van der Waals surface area contributed by atoms with E-state index in [4.69, 9.17) is 16.2 Å². The van der Waals surface area contributed by atoms with Crippen molar-refractivity contribution in [3.05, 3.63) is 12.5 Å². The van der Waals surface area contributed by atoms with Gasteiger partial charge in [0, 0.05) is 0 Å². The van der Waals surface area contributed by atoms with E-state index in [9.17, 15) is 4.57 Å². The maximum absolute atomic E-state index is 9.99. The van der Waals surface area contributed by atoms with Gasteiger partial charge in [-0.25, -0.2) is 4.57 Å². The molecule has 0 aliphatic carbocycles. The Morgan fingerprint density at radius 2 is 2.18 bits per heavy atom. The molecule has 6 heteroatoms. The predicted octanol–water partition coefficient (Wildman–Crippen LogP) is 0.217. The number of terminal acetylenes is 1. The van der Waals surface area contributed by atoms with Crippen molar-refractivity contribution >= 4 is 7.82 Å². The summed E-state index contributed by atoms with van der Waals surface area (Å²) < 4.78 is 18.4. The Morgan fingerprint density at radius 3 is 2.64 bits per heavy atom. The van der Waals surface area contributed by atoms with E-state index in [1.165, 1.54) is 0 Å². The van der Waals surface area contributed by atoms with Gasteiger partial charge in [0.15, 0.2) is 0 Å². The highest BCUT2D eigenvalue weighted by Crippen LogP contribution is 2.35. The van der Waals surface area contributed by atoms with Crippen LogP contribution in [0.4, 0.5) is 0 Å². The van der Waals surface area contributed by atoms with Crippen molar-refractivity contribution in [3.8, 4) is 12.3 Å². The molecule has 2 N–H and O–H groups in total. The first-order chi connectivity index (χ1) is 5.06. The summed E-state index contributed by atoms with van der Waals surface area (Å²) in [6.45, 7) is 0.0288. The molecule has 0 saturated heterocycles. The van der Waals surface area contributed by atoms with Crippen LogP contribution in [0.2, 0.25) is 0 Å². The highest BCUT2D eigenvalue weighted by atomic mass is 31.2. The summed E-state index contributed by atoms with van der Waals surface area (Å²) in [6.07, 6.45) is 6.48. The van der Waals surface area contributed by atoms with E-state index >= 15 is 0 Å². The average Bonchev–Trinajstić information content (AvgIpc) is 1.85. The number of hydrogen-bond donors (Lipinski definition) is 2. The fourth-order valence-electron chi connectivity index (χ4n) is 0.240. The zero-order chi connectivity index (χ0) is 8.74. The molecule has 0 unspecified atom stereocenters. The fraction of sp³-hybridized carbons (Fsp3) is 0.200. The summed E-state index contributed by atoms with van der Waals surface area (Å²) in [5.41, 5.74) is 0. The molecule has 0 saturated carbocycles. The van der Waals surface area contributed by atoms with Crippen molar-refractivity contribution in [2.24, 2.45) is 0 Å². The molecule has 0 aromatic rings. The maximum atomic E-state index is 9.99. The van der Waals surface area contributed by atoms with Gasteiger partial charge >= 0.3 is 7.82 Å². The SMILES string of the molecule is C#CCOC=COP(=O)(O)O. The zero-order valence-corrected chi connectivity index (χ0v) is 6.40. The Hall–Kier alpha value is -0.950. The first-order valence-electron chi connectivity index (χ1n) is 2.50. The van der Waals surface area contributed by atoms with E-state index in [0.29, 0.717) is 0 Å². The minimum Gasteiger partial charge on any atom is -0.485 e. The van der Waals surface area contributed by atoms with Crippen molar-refractivity contribution < 1.29 is 23.6 Å². The number of rotatable bonds is 4. The van der Waals surface area contributed by atoms with E-state index in [2.05, 4.69) is 15.2 Å². The summed E-state index contributed by atoms with van der Waals surface area (Å²) in [6, 6.07) is 0. The minimum atomic E-state index is -4.43. The van der Waals surface area contributed by atoms with E-state index in [0.717, 1.165) is 12.5 Å². The quantitative estimate of drug-likeness (QED) is 0.278. The first-order valence-corrected chi connectivity index (χ1v) is 4.03. The first kappa shape index (κ1) is 10.0. The standard InChI is InChI=1S/C5H7O5P/c1-2-3-9-4-5-10-11(6,7)8/h1,4-5H,3H2,(H2,6,7,8). The van der Waals surface area contributed by atoms with E-state index in [1.807, 2.05) is 0 Å². The molecule has 0 aliphatic rings. The lowest BCUT2D eigenvalue weighted by Gasteiger charge is -1.99. The van der Waals surface area contributed by atoms with Crippen LogP contribution in [0.15, 0.2) is 12.5 Å². The third-order valence-electron chi connectivity index (χ3n) is 0.517. The summed E-state index contributed by atoms with van der Waals surface area (Å²) >= 11 is 0. The van der Waals surface area contributed by atoms with Crippen LogP contribution < -0.4 is 0 Å². The smallest absolute Gasteiger partial charge is 0.485 e. The van der Waals surface area contributed by atoms with Crippen LogP contribution in [0, 0.1) is 12.3 Å². The lowest BCUT2D eigenvalue weighted by Crippen LogP contribution is -1.82. The van der Waals surface area contributed by atoms with Crippen molar-refractivity contribution in [1.82, 2.24) is 0 Å². The van der Waals surface area contributed by atoms with Gasteiger partial charge in [0.2, 0.25) is 0 Å². The van der Waals surface area contributed by atoms with E-state index in [1.54, 1.807) is 0 Å². The molecule has 0 aromatic carbocycles. The second-order valence-corrected chi connectivity index (χ2v) is 2.58. The predicted molar refractivity (Wildman–Crippen MR) is 37.1 cm³/mol. The lowest BCUT2D eigenvalue weighted by molar-refractivity contribution is 0.240. The van der Waals surface area contributed by atoms with Crippen LogP contribution in [-0.2, 0) is 13.8 Å². The van der Waals surface area contributed by atoms with Crippen LogP contribution in [0.25, 0.3) is 0 Å². The Bertz CT molecular complexity index is 209. The normalized spacial score (nSPS) is 11.0. The highest BCUT2D eigenvalue weighted by Gasteiger charge is 2.10. The molecule has 0 aromatic heterocycles. The van der Waals surface area contributed by atoms with Gasteiger partial charge in [-0.3, -0.25) is 9.79 Å². The monoisotopic (exact) mass is 178 g/mol. The number of hydrogen-bond acceptors (Lipinski definition) is 3. The molecular weight excluding hydrogens is 171 g/mol. The van der Waals surface area contributed by atoms with Gasteiger partial charge in [0.25, 0.3) is 0 Å². The summed E-state index contributed by atoms with van der Waals surface area (Å²) in [4.78, 5) is 16.2. The van der Waals surface area contributed by atoms with Gasteiger partial charge in [-0.2, -0.15) is 0 Å². The van der Waals surface area contributed by atoms with E-state index in [-0.39, 0.29) is 6.61 Å². The largest absolute Gasteiger partial charge is 0.524 e. The average molecular weight is 178 g/mol. The maximum Gasteiger partial charge on any atom is 0.524 e. The molecule has 0 bridgehead atoms. The molecule has 0 spiro atoms. The Balaban J connectivity index is 3.48. The van der Waals surface area contributed by atoms with Crippen LogP contribution in [0.3, 0.4) is 0 Å². The molecule has 11 heavy (non-hydrogen) atoms. The molecule has 0 rings (SSSR count). The van der Waals surface area contributed by atoms with E-state index < -0.39 is 7.82 Å². The molecule has 0 atom stereocenters. The van der Waals surface area contributed by atoms with Crippen molar-refractivity contribution in [2.45, 2.75) is 0 Å². The molecule has 5 nitrogen and oxygen atoms in total. The molecule has 62 valence electrons. The van der Waals surface area contributed by atoms with Gasteiger partial charge in [0.05, 0.1) is 0 Å². The number of phosphoric acid groups is 1. The van der Waals surface area contributed by atoms with Crippen molar-refractivity contribution in [3.63, 3.8) is 0 Å². The zero-order valence-electron chi connectivity index (χ0n) is 5.51. The Morgan fingerprint density at radius 1 is 1.55 bits per heavy atom. The number of ether oxygens (including phenoxy) is 1. The van der Waals surface area contributed by atoms with Gasteiger partial charge in [-0.1, -0.05) is 5.92 Å². The molecule has 0 amide bonds. The van der Waals surface area contributed by atoms with Crippen LogP contribution >= 0.6 is 7.82 Å². The topological polar surface area (TPSA) is 76.0 Å². The summed E-state index contributed by atoms with van der Waals surface area (Å²) in [7, 11) is -4.43. The third kappa shape index (κ3) is 9.05. The van der Waals surface area contributed by atoms with Crippen molar-refractivity contribution in [2.75, 3.05) is 6.61 Å². The number of phosphoric ester groups is 1. The minimum absolute atomic E-state index is 0.0288. The van der Waals surface area contributed by atoms with Crippen molar-refractivity contribution in [1.29, 1.82) is 0 Å². The van der Waals surface area contributed by atoms with Gasteiger partial charge in [0.1, 0.15) is 19.1 Å². The summed E-state index contributed by atoms with van der Waals surface area (Å²) in [5, 5.41) is 0. The third-order valence-corrected chi connectivity index (χ3v) is 0.913. The van der Waals surface area contributed by atoms with Gasteiger partial charge in [-0.15, -0.1) is 6.42 Å². The lowest BCUT2D eigenvalue weighted by atomic mass is 10.8. The molecule has 0 aliphatic heterocycles. The molecule has 0 radical (unpaired) electrons. The summed E-state index contributed by atoms with van der Waals surface area (Å²) in [5.74, 6) is 2.14. The Kier molecular flexibility index (Phi) is 4.39.